The molecule has 4 aromatic rings. The van der Waals surface area contributed by atoms with Gasteiger partial charge in [-0.3, -0.25) is 9.59 Å². The molecular formula is C28H25Cl2F5N6O4. The first-order chi connectivity index (χ1) is 21.4. The second-order valence-corrected chi connectivity index (χ2v) is 11.2. The van der Waals surface area contributed by atoms with Gasteiger partial charge in [0.25, 0.3) is 18.2 Å². The van der Waals surface area contributed by atoms with Crippen LogP contribution in [0.2, 0.25) is 10.0 Å². The number of imidazole rings is 1. The molecule has 3 N–H and O–H groups in total. The highest BCUT2D eigenvalue weighted by atomic mass is 35.5. The van der Waals surface area contributed by atoms with Gasteiger partial charge in [-0.1, -0.05) is 34.4 Å². The van der Waals surface area contributed by atoms with Crippen molar-refractivity contribution in [2.75, 3.05) is 6.61 Å². The third-order valence-corrected chi connectivity index (χ3v) is 8.14. The van der Waals surface area contributed by atoms with Crippen molar-refractivity contribution in [2.24, 2.45) is 5.92 Å². The largest absolute Gasteiger partial charge is 0.471 e. The fourth-order valence-corrected chi connectivity index (χ4v) is 5.58. The van der Waals surface area contributed by atoms with Crippen LogP contribution in [0.1, 0.15) is 63.5 Å². The van der Waals surface area contributed by atoms with Gasteiger partial charge in [0.05, 0.1) is 22.7 Å². The van der Waals surface area contributed by atoms with Crippen LogP contribution in [0.5, 0.6) is 5.88 Å². The van der Waals surface area contributed by atoms with Crippen LogP contribution in [-0.2, 0) is 13.0 Å². The third kappa shape index (κ3) is 7.82. The number of hydrogen-bond acceptors (Lipinski definition) is 7. The summed E-state index contributed by atoms with van der Waals surface area (Å²) >= 11 is 13.1. The van der Waals surface area contributed by atoms with Gasteiger partial charge < -0.3 is 24.9 Å². The zero-order valence-electron chi connectivity index (χ0n) is 23.2. The lowest BCUT2D eigenvalue weighted by molar-refractivity contribution is -0.182. The van der Waals surface area contributed by atoms with E-state index in [9.17, 15) is 31.5 Å². The predicted molar refractivity (Wildman–Crippen MR) is 152 cm³/mol. The molecule has 1 aliphatic carbocycles. The highest BCUT2D eigenvalue weighted by Crippen LogP contribution is 2.38. The summed E-state index contributed by atoms with van der Waals surface area (Å²) in [5, 5.41) is 9.39. The van der Waals surface area contributed by atoms with Crippen LogP contribution in [0.4, 0.5) is 22.0 Å². The van der Waals surface area contributed by atoms with Crippen molar-refractivity contribution in [3.05, 3.63) is 68.8 Å². The smallest absolute Gasteiger partial charge is 0.391 e. The summed E-state index contributed by atoms with van der Waals surface area (Å²) in [5.74, 6) is -2.73. The zero-order valence-corrected chi connectivity index (χ0v) is 24.7. The van der Waals surface area contributed by atoms with Crippen LogP contribution in [0.25, 0.3) is 11.2 Å². The molecule has 0 radical (unpaired) electrons. The topological polar surface area (TPSA) is 135 Å². The number of ether oxygens (including phenoxy) is 1. The van der Waals surface area contributed by atoms with Gasteiger partial charge in [0.1, 0.15) is 11.4 Å². The van der Waals surface area contributed by atoms with Crippen molar-refractivity contribution >= 4 is 46.2 Å². The molecule has 0 aliphatic heterocycles. The Morgan fingerprint density at radius 2 is 1.84 bits per heavy atom. The Labute approximate surface area is 262 Å². The van der Waals surface area contributed by atoms with E-state index >= 15 is 0 Å². The zero-order chi connectivity index (χ0) is 32.3. The van der Waals surface area contributed by atoms with Crippen molar-refractivity contribution in [1.29, 1.82) is 0 Å². The van der Waals surface area contributed by atoms with E-state index in [0.29, 0.717) is 22.0 Å². The van der Waals surface area contributed by atoms with Crippen LogP contribution in [-0.4, -0.2) is 57.2 Å². The molecule has 10 nitrogen and oxygen atoms in total. The number of aromatic amines is 1. The fourth-order valence-electron chi connectivity index (χ4n) is 5.01. The Hall–Kier alpha value is -3.98. The van der Waals surface area contributed by atoms with Crippen molar-refractivity contribution in [2.45, 2.75) is 57.3 Å². The number of pyridine rings is 1. The molecule has 17 heteroatoms. The van der Waals surface area contributed by atoms with E-state index < -0.39 is 48.9 Å². The summed E-state index contributed by atoms with van der Waals surface area (Å²) < 4.78 is 75.0. The lowest BCUT2D eigenvalue weighted by Gasteiger charge is -2.30. The van der Waals surface area contributed by atoms with E-state index in [2.05, 4.69) is 30.7 Å². The number of fused-ring (bicyclic) bond motifs is 1. The molecule has 1 aromatic carbocycles. The summed E-state index contributed by atoms with van der Waals surface area (Å²) in [6.45, 7) is -0.997. The molecule has 0 saturated heterocycles. The Kier molecular flexibility index (Phi) is 9.77. The molecule has 3 heterocycles. The monoisotopic (exact) mass is 674 g/mol. The number of halogens is 7. The van der Waals surface area contributed by atoms with Crippen LogP contribution in [0, 0.1) is 5.92 Å². The molecule has 2 amide bonds. The van der Waals surface area contributed by atoms with Gasteiger partial charge in [-0.25, -0.2) is 13.8 Å². The number of aromatic nitrogens is 4. The maximum absolute atomic E-state index is 13.2. The molecule has 45 heavy (non-hydrogen) atoms. The molecule has 0 spiro atoms. The number of rotatable bonds is 10. The van der Waals surface area contributed by atoms with E-state index in [0.717, 1.165) is 0 Å². The van der Waals surface area contributed by atoms with Gasteiger partial charge in [-0.05, 0) is 48.9 Å². The van der Waals surface area contributed by atoms with Crippen LogP contribution in [0.3, 0.4) is 0 Å². The molecule has 3 aromatic heterocycles. The average Bonchev–Trinajstić information content (AvgIpc) is 3.67. The van der Waals surface area contributed by atoms with E-state index in [4.69, 9.17) is 32.5 Å². The van der Waals surface area contributed by atoms with E-state index in [1.807, 2.05) is 0 Å². The lowest BCUT2D eigenvalue weighted by Crippen LogP contribution is -2.40. The number of H-pyrrole nitrogens is 1. The van der Waals surface area contributed by atoms with Gasteiger partial charge in [0, 0.05) is 30.1 Å². The lowest BCUT2D eigenvalue weighted by atomic mass is 9.85. The van der Waals surface area contributed by atoms with Gasteiger partial charge in [-0.15, -0.1) is 0 Å². The van der Waals surface area contributed by atoms with Crippen molar-refractivity contribution in [3.8, 4) is 5.88 Å². The Morgan fingerprint density at radius 3 is 2.51 bits per heavy atom. The quantitative estimate of drug-likeness (QED) is 0.169. The SMILES string of the molecule is O=C(NCc1ccc(Cl)c(Cc2nc3nc(OCC(F)F)c(C(=O)NC4CCC(C(F)(F)F)CC4)cc3[nH]2)c1Cl)c1ccno1. The van der Waals surface area contributed by atoms with Crippen molar-refractivity contribution in [3.63, 3.8) is 0 Å². The molecule has 0 atom stereocenters. The minimum absolute atomic E-state index is 0.0221. The number of amides is 2. The fraction of sp³-hybridized carbons (Fsp3) is 0.393. The highest BCUT2D eigenvalue weighted by Gasteiger charge is 2.41. The molecule has 1 aliphatic rings. The molecule has 1 saturated carbocycles. The average molecular weight is 675 g/mol. The number of nitrogens with zero attached hydrogens (tertiary/aromatic N) is 3. The van der Waals surface area contributed by atoms with Crippen LogP contribution < -0.4 is 15.4 Å². The molecule has 0 unspecified atom stereocenters. The maximum atomic E-state index is 13.2. The van der Waals surface area contributed by atoms with Crippen LogP contribution >= 0.6 is 23.2 Å². The first kappa shape index (κ1) is 32.4. The summed E-state index contributed by atoms with van der Waals surface area (Å²) in [4.78, 5) is 36.9. The Bertz CT molecular complexity index is 1670. The van der Waals surface area contributed by atoms with Crippen molar-refractivity contribution < 1.29 is 40.8 Å². The molecule has 240 valence electrons. The number of carbonyl (C=O) groups excluding carboxylic acids is 2. The van der Waals surface area contributed by atoms with E-state index in [1.165, 1.54) is 18.3 Å². The molecule has 5 rings (SSSR count). The number of hydrogen-bond donors (Lipinski definition) is 3. The number of alkyl halides is 5. The Morgan fingerprint density at radius 1 is 1.09 bits per heavy atom. The van der Waals surface area contributed by atoms with E-state index in [-0.39, 0.29) is 66.2 Å². The Balaban J connectivity index is 1.35. The first-order valence-electron chi connectivity index (χ1n) is 13.7. The van der Waals surface area contributed by atoms with E-state index in [1.54, 1.807) is 12.1 Å². The number of carbonyl (C=O) groups is 2. The first-order valence-corrected chi connectivity index (χ1v) is 14.5. The molecule has 0 bridgehead atoms. The second-order valence-electron chi connectivity index (χ2n) is 10.4. The predicted octanol–water partition coefficient (Wildman–Crippen LogP) is 6.27. The van der Waals surface area contributed by atoms with Gasteiger partial charge >= 0.3 is 6.18 Å². The standard InChI is InChI=1S/C28H25Cl2F5N6O4/c29-18-6-1-13(11-36-26(43)20-7-8-37-45-20)23(30)16(18)10-22-39-19-9-17(27(41-24(19)40-22)44-12-21(31)32)25(42)38-15-4-2-14(3-5-15)28(33,34)35/h1,6-9,14-15,21H,2-5,10-12H2,(H,36,43)(H,38,42)(H,39,40,41). The minimum Gasteiger partial charge on any atom is -0.471 e. The summed E-state index contributed by atoms with van der Waals surface area (Å²) in [6, 6.07) is 5.43. The van der Waals surface area contributed by atoms with Crippen molar-refractivity contribution in [1.82, 2.24) is 30.7 Å². The minimum atomic E-state index is -4.30. The third-order valence-electron chi connectivity index (χ3n) is 7.31. The van der Waals surface area contributed by atoms with Crippen LogP contribution in [0.15, 0.2) is 35.0 Å². The maximum Gasteiger partial charge on any atom is 0.391 e. The highest BCUT2D eigenvalue weighted by molar-refractivity contribution is 6.36. The van der Waals surface area contributed by atoms with Gasteiger partial charge in [0.2, 0.25) is 11.6 Å². The number of nitrogens with one attached hydrogen (secondary N) is 3. The summed E-state index contributed by atoms with van der Waals surface area (Å²) in [6.07, 6.45) is -5.82. The summed E-state index contributed by atoms with van der Waals surface area (Å²) in [5.41, 5.74) is 1.15. The number of benzene rings is 1. The normalized spacial score (nSPS) is 17.1. The van der Waals surface area contributed by atoms with Gasteiger partial charge in [-0.2, -0.15) is 18.2 Å². The second kappa shape index (κ2) is 13.6. The van der Waals surface area contributed by atoms with Gasteiger partial charge in [0.15, 0.2) is 12.3 Å². The molecule has 1 fully saturated rings. The molecular weight excluding hydrogens is 650 g/mol. The summed E-state index contributed by atoms with van der Waals surface area (Å²) in [7, 11) is 0.